The minimum Gasteiger partial charge on any atom is -0.457 e. The molecule has 10 heteroatoms. The zero-order valence-electron chi connectivity index (χ0n) is 17.3. The van der Waals surface area contributed by atoms with Gasteiger partial charge in [0.15, 0.2) is 0 Å². The van der Waals surface area contributed by atoms with Gasteiger partial charge in [-0.05, 0) is 19.3 Å². The van der Waals surface area contributed by atoms with Gasteiger partial charge in [0.1, 0.15) is 33.4 Å². The highest BCUT2D eigenvalue weighted by molar-refractivity contribution is 8.14. The van der Waals surface area contributed by atoms with E-state index in [0.29, 0.717) is 29.5 Å². The maximum Gasteiger partial charge on any atom is 0.329 e. The smallest absolute Gasteiger partial charge is 0.329 e. The van der Waals surface area contributed by atoms with Gasteiger partial charge >= 0.3 is 5.97 Å². The Bertz CT molecular complexity index is 882. The lowest BCUT2D eigenvalue weighted by atomic mass is 10.0. The molecule has 0 saturated heterocycles. The Labute approximate surface area is 184 Å². The van der Waals surface area contributed by atoms with Gasteiger partial charge in [-0.2, -0.15) is 0 Å². The van der Waals surface area contributed by atoms with Gasteiger partial charge in [0.2, 0.25) is 11.8 Å². The molecule has 0 saturated carbocycles. The standard InChI is InChI=1S/C20H26N4O4S2/c1-5-12-6-7-14(25)21-8-15-22-13(9-29-15)17-24-20(4,10-30-17)19(27)23-16(11(2)3)18(26)28-12/h5,9,11-12,16H,1,6-8,10H2,2-4H3,(H,21,25)(H,23,27)/t12-,16-,20-/m0/s1. The van der Waals surface area contributed by atoms with E-state index in [1.807, 2.05) is 19.2 Å². The van der Waals surface area contributed by atoms with Crippen LogP contribution < -0.4 is 10.6 Å². The zero-order chi connectivity index (χ0) is 21.9. The van der Waals surface area contributed by atoms with E-state index in [-0.39, 0.29) is 24.2 Å². The van der Waals surface area contributed by atoms with E-state index in [1.165, 1.54) is 29.2 Å². The number of ether oxygens (including phenoxy) is 1. The summed E-state index contributed by atoms with van der Waals surface area (Å²) in [6.07, 6.45) is 1.37. The zero-order valence-corrected chi connectivity index (χ0v) is 18.9. The fourth-order valence-electron chi connectivity index (χ4n) is 3.01. The summed E-state index contributed by atoms with van der Waals surface area (Å²) in [5.74, 6) is -0.762. The predicted molar refractivity (Wildman–Crippen MR) is 117 cm³/mol. The molecule has 0 unspecified atom stereocenters. The minimum atomic E-state index is -1.00. The summed E-state index contributed by atoms with van der Waals surface area (Å²) in [6, 6.07) is -0.823. The van der Waals surface area contributed by atoms with Crippen LogP contribution in [0.1, 0.15) is 44.3 Å². The van der Waals surface area contributed by atoms with Crippen LogP contribution in [0.3, 0.4) is 0 Å². The molecule has 2 N–H and O–H groups in total. The molecule has 0 spiro atoms. The quantitative estimate of drug-likeness (QED) is 0.527. The van der Waals surface area contributed by atoms with Gasteiger partial charge in [0.25, 0.3) is 0 Å². The van der Waals surface area contributed by atoms with Gasteiger partial charge in [-0.3, -0.25) is 14.6 Å². The number of amides is 2. The first-order valence-corrected chi connectivity index (χ1v) is 11.7. The molecule has 0 fully saturated rings. The second-order valence-corrected chi connectivity index (χ2v) is 9.73. The summed E-state index contributed by atoms with van der Waals surface area (Å²) >= 11 is 2.89. The number of nitrogens with zero attached hydrogens (tertiary/aromatic N) is 2. The van der Waals surface area contributed by atoms with Crippen LogP contribution in [0.2, 0.25) is 0 Å². The van der Waals surface area contributed by atoms with Crippen molar-refractivity contribution in [1.29, 1.82) is 0 Å². The minimum absolute atomic E-state index is 0.159. The van der Waals surface area contributed by atoms with Crippen LogP contribution in [0.4, 0.5) is 0 Å². The number of hydrogen-bond donors (Lipinski definition) is 2. The Morgan fingerprint density at radius 1 is 1.37 bits per heavy atom. The third-order valence-corrected chi connectivity index (χ3v) is 7.06. The summed E-state index contributed by atoms with van der Waals surface area (Å²) in [4.78, 5) is 47.1. The third kappa shape index (κ3) is 5.10. The Morgan fingerprint density at radius 3 is 2.83 bits per heavy atom. The number of esters is 1. The number of fused-ring (bicyclic) bond motifs is 4. The molecular weight excluding hydrogens is 424 g/mol. The van der Waals surface area contributed by atoms with Crippen LogP contribution in [0.15, 0.2) is 23.0 Å². The molecule has 3 rings (SSSR count). The number of thiazole rings is 1. The van der Waals surface area contributed by atoms with Crippen molar-refractivity contribution in [1.82, 2.24) is 15.6 Å². The largest absolute Gasteiger partial charge is 0.457 e. The average molecular weight is 451 g/mol. The molecule has 3 heterocycles. The fraction of sp³-hybridized carbons (Fsp3) is 0.550. The fourth-order valence-corrected chi connectivity index (χ4v) is 4.94. The molecule has 30 heavy (non-hydrogen) atoms. The lowest BCUT2D eigenvalue weighted by Crippen LogP contribution is -2.53. The first-order valence-electron chi connectivity index (χ1n) is 9.80. The van der Waals surface area contributed by atoms with Crippen LogP contribution in [-0.2, 0) is 25.7 Å². The van der Waals surface area contributed by atoms with E-state index in [9.17, 15) is 14.4 Å². The van der Waals surface area contributed by atoms with Crippen molar-refractivity contribution in [3.63, 3.8) is 0 Å². The summed E-state index contributed by atoms with van der Waals surface area (Å²) < 4.78 is 5.53. The summed E-state index contributed by atoms with van der Waals surface area (Å²) in [7, 11) is 0. The Morgan fingerprint density at radius 2 is 2.13 bits per heavy atom. The maximum atomic E-state index is 13.0. The molecule has 1 aromatic heterocycles. The average Bonchev–Trinajstić information content (AvgIpc) is 3.33. The van der Waals surface area contributed by atoms with Gasteiger partial charge in [-0.15, -0.1) is 23.1 Å². The highest BCUT2D eigenvalue weighted by atomic mass is 32.2. The summed E-state index contributed by atoms with van der Waals surface area (Å²) in [5, 5.41) is 8.97. The molecule has 4 bridgehead atoms. The lowest BCUT2D eigenvalue weighted by molar-refractivity contribution is -0.153. The third-order valence-electron chi connectivity index (χ3n) is 4.93. The second kappa shape index (κ2) is 9.30. The molecule has 2 amide bonds. The number of aliphatic imine (C=N–C) groups is 1. The molecule has 0 aliphatic carbocycles. The molecule has 2 aliphatic rings. The van der Waals surface area contributed by atoms with Gasteiger partial charge in [-0.1, -0.05) is 26.5 Å². The van der Waals surface area contributed by atoms with Crippen LogP contribution in [0.5, 0.6) is 0 Å². The van der Waals surface area contributed by atoms with Crippen molar-refractivity contribution in [2.45, 2.75) is 57.8 Å². The Balaban J connectivity index is 1.90. The van der Waals surface area contributed by atoms with Gasteiger partial charge in [0, 0.05) is 17.6 Å². The van der Waals surface area contributed by atoms with Gasteiger partial charge in [0.05, 0.1) is 6.54 Å². The first kappa shape index (κ1) is 22.5. The number of hydrogen-bond acceptors (Lipinski definition) is 8. The number of thioether (sulfide) groups is 1. The van der Waals surface area contributed by atoms with Crippen molar-refractivity contribution in [3.8, 4) is 0 Å². The second-order valence-electron chi connectivity index (χ2n) is 7.83. The van der Waals surface area contributed by atoms with E-state index < -0.39 is 23.7 Å². The SMILES string of the molecule is C=C[C@H]1CCC(=O)NCc2nc(cs2)C2=N[C@@](C)(CS2)C(=O)N[C@@H](C(C)C)C(=O)O1. The van der Waals surface area contributed by atoms with E-state index in [4.69, 9.17) is 4.74 Å². The Kier molecular flexibility index (Phi) is 6.97. The van der Waals surface area contributed by atoms with Crippen molar-refractivity contribution in [3.05, 3.63) is 28.7 Å². The monoisotopic (exact) mass is 450 g/mol. The molecule has 162 valence electrons. The highest BCUT2D eigenvalue weighted by Crippen LogP contribution is 2.32. The first-order chi connectivity index (χ1) is 14.2. The number of aromatic nitrogens is 1. The normalized spacial score (nSPS) is 28.3. The molecule has 0 radical (unpaired) electrons. The molecule has 1 aromatic rings. The van der Waals surface area contributed by atoms with Crippen molar-refractivity contribution >= 4 is 45.9 Å². The predicted octanol–water partition coefficient (Wildman–Crippen LogP) is 2.04. The molecular formula is C20H26N4O4S2. The number of carbonyl (C=O) groups excluding carboxylic acids is 3. The topological polar surface area (TPSA) is 110 Å². The number of nitrogens with one attached hydrogen (secondary N) is 2. The van der Waals surface area contributed by atoms with Crippen molar-refractivity contribution in [2.75, 3.05) is 5.75 Å². The van der Waals surface area contributed by atoms with Crippen LogP contribution >= 0.6 is 23.1 Å². The van der Waals surface area contributed by atoms with E-state index in [2.05, 4.69) is 27.2 Å². The molecule has 2 aliphatic heterocycles. The van der Waals surface area contributed by atoms with Gasteiger partial charge < -0.3 is 15.4 Å². The summed E-state index contributed by atoms with van der Waals surface area (Å²) in [5.41, 5.74) is -0.307. The molecule has 0 aromatic carbocycles. The van der Waals surface area contributed by atoms with Crippen molar-refractivity contribution < 1.29 is 19.1 Å². The van der Waals surface area contributed by atoms with E-state index in [0.717, 1.165) is 5.01 Å². The van der Waals surface area contributed by atoms with Gasteiger partial charge in [-0.25, -0.2) is 9.78 Å². The van der Waals surface area contributed by atoms with Crippen LogP contribution in [-0.4, -0.2) is 51.2 Å². The highest BCUT2D eigenvalue weighted by Gasteiger charge is 2.41. The summed E-state index contributed by atoms with van der Waals surface area (Å²) in [6.45, 7) is 9.43. The van der Waals surface area contributed by atoms with E-state index in [1.54, 1.807) is 6.92 Å². The van der Waals surface area contributed by atoms with Crippen LogP contribution in [0, 0.1) is 5.92 Å². The molecule has 8 nitrogen and oxygen atoms in total. The van der Waals surface area contributed by atoms with Crippen molar-refractivity contribution in [2.24, 2.45) is 10.9 Å². The van der Waals surface area contributed by atoms with E-state index >= 15 is 0 Å². The molecule has 3 atom stereocenters. The maximum absolute atomic E-state index is 13.0. The lowest BCUT2D eigenvalue weighted by Gasteiger charge is -2.27. The van der Waals surface area contributed by atoms with Crippen LogP contribution in [0.25, 0.3) is 0 Å². The number of cyclic esters (lactones) is 1. The Hall–Kier alpha value is -2.20. The number of rotatable bonds is 2. The number of carbonyl (C=O) groups is 3.